The van der Waals surface area contributed by atoms with Crippen molar-refractivity contribution >= 4 is 29.7 Å². The molecule has 0 aliphatic carbocycles. The SMILES string of the molecule is CCOC(=O)C(=C/OC(=O)c1ccc(C)cc1)/N=C/C(C(=O)c1ccccc1)=C(/O)c1ccccc1. The van der Waals surface area contributed by atoms with Crippen molar-refractivity contribution in [1.82, 2.24) is 0 Å². The van der Waals surface area contributed by atoms with Crippen molar-refractivity contribution in [2.75, 3.05) is 6.61 Å². The Morgan fingerprint density at radius 1 is 0.833 bits per heavy atom. The summed E-state index contributed by atoms with van der Waals surface area (Å²) in [5.74, 6) is -2.40. The third-order valence-corrected chi connectivity index (χ3v) is 4.97. The van der Waals surface area contributed by atoms with Gasteiger partial charge in [-0.2, -0.15) is 0 Å². The minimum Gasteiger partial charge on any atom is -0.506 e. The fourth-order valence-electron chi connectivity index (χ4n) is 3.06. The van der Waals surface area contributed by atoms with Crippen LogP contribution in [0.5, 0.6) is 0 Å². The molecule has 0 aromatic heterocycles. The summed E-state index contributed by atoms with van der Waals surface area (Å²) < 4.78 is 10.1. The van der Waals surface area contributed by atoms with Crippen molar-refractivity contribution in [2.45, 2.75) is 13.8 Å². The van der Waals surface area contributed by atoms with Gasteiger partial charge in [0, 0.05) is 17.3 Å². The average Bonchev–Trinajstić information content (AvgIpc) is 2.91. The molecule has 0 radical (unpaired) electrons. The highest BCUT2D eigenvalue weighted by Crippen LogP contribution is 2.19. The predicted molar refractivity (Wildman–Crippen MR) is 137 cm³/mol. The number of benzene rings is 3. The maximum atomic E-state index is 13.2. The molecule has 0 spiro atoms. The molecule has 0 heterocycles. The predicted octanol–water partition coefficient (Wildman–Crippen LogP) is 5.48. The van der Waals surface area contributed by atoms with E-state index < -0.39 is 17.7 Å². The first-order valence-corrected chi connectivity index (χ1v) is 11.2. The van der Waals surface area contributed by atoms with Gasteiger partial charge in [0.15, 0.2) is 11.5 Å². The van der Waals surface area contributed by atoms with Gasteiger partial charge in [-0.1, -0.05) is 78.4 Å². The molecule has 1 N–H and O–H groups in total. The van der Waals surface area contributed by atoms with E-state index in [-0.39, 0.29) is 29.2 Å². The second kappa shape index (κ2) is 12.6. The van der Waals surface area contributed by atoms with E-state index in [0.717, 1.165) is 18.0 Å². The van der Waals surface area contributed by atoms with Gasteiger partial charge in [-0.15, -0.1) is 0 Å². The number of aliphatic hydroxyl groups excluding tert-OH is 1. The number of hydrogen-bond donors (Lipinski definition) is 1. The van der Waals surface area contributed by atoms with Gasteiger partial charge >= 0.3 is 11.9 Å². The number of esters is 2. The zero-order chi connectivity index (χ0) is 25.9. The number of Topliss-reactive ketones (excluding diaryl/α,β-unsaturated/α-hetero) is 1. The molecule has 0 fully saturated rings. The highest BCUT2D eigenvalue weighted by atomic mass is 16.5. The first-order valence-electron chi connectivity index (χ1n) is 11.2. The van der Waals surface area contributed by atoms with Crippen LogP contribution in [0.3, 0.4) is 0 Å². The van der Waals surface area contributed by atoms with Crippen LogP contribution in [0.1, 0.15) is 38.8 Å². The van der Waals surface area contributed by atoms with Crippen LogP contribution in [0.15, 0.2) is 107 Å². The Bertz CT molecular complexity index is 1310. The molecule has 3 aromatic carbocycles. The van der Waals surface area contributed by atoms with Crippen molar-refractivity contribution in [2.24, 2.45) is 4.99 Å². The van der Waals surface area contributed by atoms with Gasteiger partial charge in [-0.25, -0.2) is 14.6 Å². The molecule has 3 aromatic rings. The molecule has 36 heavy (non-hydrogen) atoms. The molecular weight excluding hydrogens is 458 g/mol. The monoisotopic (exact) mass is 483 g/mol. The molecule has 0 aliphatic heterocycles. The van der Waals surface area contributed by atoms with Crippen LogP contribution in [0.4, 0.5) is 0 Å². The fraction of sp³-hybridized carbons (Fsp3) is 0.103. The number of aliphatic imine (C=N–C) groups is 1. The summed E-state index contributed by atoms with van der Waals surface area (Å²) in [6, 6.07) is 23.5. The minimum atomic E-state index is -0.865. The summed E-state index contributed by atoms with van der Waals surface area (Å²) in [4.78, 5) is 42.1. The third kappa shape index (κ3) is 6.87. The largest absolute Gasteiger partial charge is 0.506 e. The lowest BCUT2D eigenvalue weighted by Crippen LogP contribution is -2.11. The Morgan fingerprint density at radius 2 is 1.42 bits per heavy atom. The van der Waals surface area contributed by atoms with Gasteiger partial charge in [0.05, 0.1) is 17.7 Å². The van der Waals surface area contributed by atoms with Gasteiger partial charge in [0.1, 0.15) is 12.0 Å². The lowest BCUT2D eigenvalue weighted by Gasteiger charge is -2.08. The maximum absolute atomic E-state index is 13.2. The molecule has 0 saturated heterocycles. The number of aliphatic hydroxyl groups is 1. The number of hydrogen-bond acceptors (Lipinski definition) is 7. The normalized spacial score (nSPS) is 12.1. The molecule has 0 atom stereocenters. The van der Waals surface area contributed by atoms with Gasteiger partial charge in [-0.05, 0) is 26.0 Å². The summed E-state index contributed by atoms with van der Waals surface area (Å²) >= 11 is 0. The second-order valence-corrected chi connectivity index (χ2v) is 7.58. The number of allylic oxidation sites excluding steroid dienone is 1. The molecule has 7 heteroatoms. The van der Waals surface area contributed by atoms with E-state index in [1.165, 1.54) is 0 Å². The van der Waals surface area contributed by atoms with Crippen molar-refractivity contribution in [3.05, 3.63) is 125 Å². The number of ether oxygens (including phenoxy) is 2. The Balaban J connectivity index is 1.99. The number of carbonyl (C=O) groups is 3. The van der Waals surface area contributed by atoms with Gasteiger partial charge in [-0.3, -0.25) is 4.79 Å². The van der Waals surface area contributed by atoms with E-state index in [0.29, 0.717) is 11.1 Å². The fourth-order valence-corrected chi connectivity index (χ4v) is 3.06. The van der Waals surface area contributed by atoms with Gasteiger partial charge in [0.25, 0.3) is 0 Å². The second-order valence-electron chi connectivity index (χ2n) is 7.58. The van der Waals surface area contributed by atoms with E-state index in [1.807, 2.05) is 6.92 Å². The first kappa shape index (κ1) is 25.8. The zero-order valence-electron chi connectivity index (χ0n) is 19.9. The number of rotatable bonds is 9. The molecule has 0 saturated carbocycles. The standard InChI is InChI=1S/C29H25NO6/c1-3-35-29(34)25(19-36-28(33)23-16-14-20(2)15-17-23)30-18-24(26(31)21-10-6-4-7-11-21)27(32)22-12-8-5-9-13-22/h4-19,31H,3H2,1-2H3/b25-19-,26-24-,30-18+. The molecule has 3 rings (SSSR count). The van der Waals surface area contributed by atoms with Crippen LogP contribution in [0.2, 0.25) is 0 Å². The molecule has 182 valence electrons. The summed E-state index contributed by atoms with van der Waals surface area (Å²) in [5, 5.41) is 10.9. The quantitative estimate of drug-likeness (QED) is 0.142. The Hall–Kier alpha value is -4.78. The van der Waals surface area contributed by atoms with Crippen LogP contribution in [-0.2, 0) is 14.3 Å². The number of aryl methyl sites for hydroxylation is 1. The molecule has 0 aliphatic rings. The minimum absolute atomic E-state index is 0.0541. The lowest BCUT2D eigenvalue weighted by atomic mass is 10.00. The molecular formula is C29H25NO6. The highest BCUT2D eigenvalue weighted by Gasteiger charge is 2.19. The number of carbonyl (C=O) groups excluding carboxylic acids is 3. The van der Waals surface area contributed by atoms with E-state index >= 15 is 0 Å². The third-order valence-electron chi connectivity index (χ3n) is 4.97. The number of ketones is 1. The Morgan fingerprint density at radius 3 is 2.00 bits per heavy atom. The van der Waals surface area contributed by atoms with E-state index in [9.17, 15) is 19.5 Å². The van der Waals surface area contributed by atoms with Crippen LogP contribution >= 0.6 is 0 Å². The number of nitrogens with zero attached hydrogens (tertiary/aromatic N) is 1. The van der Waals surface area contributed by atoms with Crippen molar-refractivity contribution in [1.29, 1.82) is 0 Å². The Labute approximate surface area is 209 Å². The molecule has 0 unspecified atom stereocenters. The summed E-state index contributed by atoms with van der Waals surface area (Å²) in [7, 11) is 0. The van der Waals surface area contributed by atoms with Crippen LogP contribution in [0, 0.1) is 6.92 Å². The topological polar surface area (TPSA) is 102 Å². The van der Waals surface area contributed by atoms with Gasteiger partial charge < -0.3 is 14.6 Å². The van der Waals surface area contributed by atoms with Gasteiger partial charge in [0.2, 0.25) is 0 Å². The van der Waals surface area contributed by atoms with Crippen LogP contribution < -0.4 is 0 Å². The van der Waals surface area contributed by atoms with E-state index in [4.69, 9.17) is 9.47 Å². The van der Waals surface area contributed by atoms with E-state index in [2.05, 4.69) is 4.99 Å². The molecule has 0 amide bonds. The maximum Gasteiger partial charge on any atom is 0.360 e. The van der Waals surface area contributed by atoms with Crippen LogP contribution in [0.25, 0.3) is 5.76 Å². The van der Waals surface area contributed by atoms with Crippen molar-refractivity contribution < 1.29 is 29.0 Å². The summed E-state index contributed by atoms with van der Waals surface area (Å²) in [6.07, 6.45) is 1.92. The summed E-state index contributed by atoms with van der Waals surface area (Å²) in [5.41, 5.74) is 1.43. The first-order chi connectivity index (χ1) is 17.4. The van der Waals surface area contributed by atoms with Crippen molar-refractivity contribution in [3.8, 4) is 0 Å². The van der Waals surface area contributed by atoms with Crippen molar-refractivity contribution in [3.63, 3.8) is 0 Å². The summed E-state index contributed by atoms with van der Waals surface area (Å²) in [6.45, 7) is 3.55. The Kier molecular flexibility index (Phi) is 9.06. The highest BCUT2D eigenvalue weighted by molar-refractivity contribution is 6.25. The smallest absolute Gasteiger partial charge is 0.360 e. The molecule has 7 nitrogen and oxygen atoms in total. The van der Waals surface area contributed by atoms with E-state index in [1.54, 1.807) is 91.9 Å². The molecule has 0 bridgehead atoms. The zero-order valence-corrected chi connectivity index (χ0v) is 19.9. The average molecular weight is 484 g/mol. The van der Waals surface area contributed by atoms with Crippen LogP contribution in [-0.4, -0.2) is 35.6 Å². The lowest BCUT2D eigenvalue weighted by molar-refractivity contribution is -0.138.